The second-order valence-electron chi connectivity index (χ2n) is 6.46. The van der Waals surface area contributed by atoms with Gasteiger partial charge in [-0.1, -0.05) is 13.3 Å². The Morgan fingerprint density at radius 3 is 2.82 bits per heavy atom. The fraction of sp³-hybridized carbons (Fsp3) is 0.875. The molecule has 2 aliphatic rings. The van der Waals surface area contributed by atoms with Gasteiger partial charge in [0.05, 0.1) is 0 Å². The molecule has 6 heteroatoms. The van der Waals surface area contributed by atoms with Gasteiger partial charge in [0.25, 0.3) is 0 Å². The van der Waals surface area contributed by atoms with Crippen molar-refractivity contribution in [3.8, 4) is 0 Å². The zero-order valence-corrected chi connectivity index (χ0v) is 16.2. The zero-order chi connectivity index (χ0) is 15.2. The van der Waals surface area contributed by atoms with Crippen molar-refractivity contribution in [3.63, 3.8) is 0 Å². The van der Waals surface area contributed by atoms with E-state index < -0.39 is 0 Å². The normalized spacial score (nSPS) is 28.0. The molecular weight excluding hydrogens is 391 g/mol. The molecule has 1 aliphatic carbocycles. The molecule has 2 rings (SSSR count). The third-order valence-electron chi connectivity index (χ3n) is 4.51. The minimum Gasteiger partial charge on any atom is -0.370 e. The van der Waals surface area contributed by atoms with E-state index >= 15 is 0 Å². The quantitative estimate of drug-likeness (QED) is 0.392. The maximum Gasteiger partial charge on any atom is 0.217 e. The second-order valence-corrected chi connectivity index (χ2v) is 6.46. The number of likely N-dealkylation sites (tertiary alicyclic amines) is 1. The predicted molar refractivity (Wildman–Crippen MR) is 101 cm³/mol. The molecule has 5 nitrogen and oxygen atoms in total. The van der Waals surface area contributed by atoms with E-state index in [0.29, 0.717) is 18.4 Å². The van der Waals surface area contributed by atoms with Crippen LogP contribution in [0.15, 0.2) is 4.99 Å². The van der Waals surface area contributed by atoms with Gasteiger partial charge in [0, 0.05) is 32.1 Å². The first kappa shape index (κ1) is 19.5. The molecule has 0 aromatic carbocycles. The van der Waals surface area contributed by atoms with E-state index in [1.54, 1.807) is 0 Å². The summed E-state index contributed by atoms with van der Waals surface area (Å²) in [6.45, 7) is 7.05. The van der Waals surface area contributed by atoms with E-state index in [1.807, 2.05) is 0 Å². The number of carbonyl (C=O) groups excluding carboxylic acids is 1. The zero-order valence-electron chi connectivity index (χ0n) is 13.9. The Balaban J connectivity index is 0.00000242. The summed E-state index contributed by atoms with van der Waals surface area (Å²) in [5.41, 5.74) is 5.34. The number of rotatable bonds is 6. The Morgan fingerprint density at radius 1 is 1.41 bits per heavy atom. The number of amides is 1. The molecule has 128 valence electrons. The number of hydrogen-bond acceptors (Lipinski definition) is 2. The van der Waals surface area contributed by atoms with Crippen LogP contribution >= 0.6 is 24.0 Å². The van der Waals surface area contributed by atoms with Gasteiger partial charge >= 0.3 is 0 Å². The molecule has 22 heavy (non-hydrogen) atoms. The van der Waals surface area contributed by atoms with Crippen molar-refractivity contribution in [1.29, 1.82) is 0 Å². The molecule has 0 radical (unpaired) electrons. The van der Waals surface area contributed by atoms with Crippen LogP contribution in [0.25, 0.3) is 0 Å². The molecule has 1 saturated carbocycles. The molecular formula is C16H31IN4O. The van der Waals surface area contributed by atoms with Crippen LogP contribution < -0.4 is 11.1 Å². The molecule has 3 N–H and O–H groups in total. The monoisotopic (exact) mass is 422 g/mol. The van der Waals surface area contributed by atoms with E-state index in [-0.39, 0.29) is 29.9 Å². The van der Waals surface area contributed by atoms with E-state index in [2.05, 4.69) is 29.1 Å². The maximum absolute atomic E-state index is 11.1. The summed E-state index contributed by atoms with van der Waals surface area (Å²) in [7, 11) is 0. The Hall–Kier alpha value is -0.530. The molecule has 0 aromatic heterocycles. The number of guanidine groups is 1. The molecule has 1 heterocycles. The lowest BCUT2D eigenvalue weighted by atomic mass is 9.95. The SMILES string of the molecule is CCCC1CC1NC(=NCC)N1CCCC(CC(N)=O)C1.I. The van der Waals surface area contributed by atoms with Crippen LogP contribution in [0.5, 0.6) is 0 Å². The summed E-state index contributed by atoms with van der Waals surface area (Å²) < 4.78 is 0. The lowest BCUT2D eigenvalue weighted by Crippen LogP contribution is -2.48. The average molecular weight is 422 g/mol. The van der Waals surface area contributed by atoms with Crippen molar-refractivity contribution in [2.45, 2.75) is 58.4 Å². The maximum atomic E-state index is 11.1. The highest BCUT2D eigenvalue weighted by molar-refractivity contribution is 14.0. The van der Waals surface area contributed by atoms with Gasteiger partial charge in [-0.3, -0.25) is 9.79 Å². The van der Waals surface area contributed by atoms with Gasteiger partial charge in [-0.05, 0) is 44.4 Å². The van der Waals surface area contributed by atoms with Crippen LogP contribution in [0.4, 0.5) is 0 Å². The van der Waals surface area contributed by atoms with Crippen molar-refractivity contribution in [2.24, 2.45) is 22.6 Å². The van der Waals surface area contributed by atoms with Gasteiger partial charge in [-0.25, -0.2) is 0 Å². The number of aliphatic imine (C=N–C) groups is 1. The van der Waals surface area contributed by atoms with E-state index in [0.717, 1.165) is 44.4 Å². The lowest BCUT2D eigenvalue weighted by molar-refractivity contribution is -0.119. The summed E-state index contributed by atoms with van der Waals surface area (Å²) in [6.07, 6.45) is 6.55. The van der Waals surface area contributed by atoms with Crippen LogP contribution in [0, 0.1) is 11.8 Å². The van der Waals surface area contributed by atoms with Crippen molar-refractivity contribution in [3.05, 3.63) is 0 Å². The summed E-state index contributed by atoms with van der Waals surface area (Å²) in [4.78, 5) is 18.1. The fourth-order valence-electron chi connectivity index (χ4n) is 3.38. The topological polar surface area (TPSA) is 70.7 Å². The summed E-state index contributed by atoms with van der Waals surface area (Å²) in [6, 6.07) is 0.603. The minimum atomic E-state index is -0.186. The molecule has 1 amide bonds. The first-order chi connectivity index (χ1) is 10.1. The minimum absolute atomic E-state index is 0. The molecule has 1 aliphatic heterocycles. The first-order valence-electron chi connectivity index (χ1n) is 8.48. The Bertz CT molecular complexity index is 388. The highest BCUT2D eigenvalue weighted by Crippen LogP contribution is 2.34. The van der Waals surface area contributed by atoms with Crippen molar-refractivity contribution in [1.82, 2.24) is 10.2 Å². The first-order valence-corrected chi connectivity index (χ1v) is 8.48. The third-order valence-corrected chi connectivity index (χ3v) is 4.51. The van der Waals surface area contributed by atoms with Crippen molar-refractivity contribution >= 4 is 35.8 Å². The molecule has 1 saturated heterocycles. The van der Waals surface area contributed by atoms with Crippen molar-refractivity contribution < 1.29 is 4.79 Å². The average Bonchev–Trinajstić information content (AvgIpc) is 3.16. The van der Waals surface area contributed by atoms with Crippen LogP contribution in [0.3, 0.4) is 0 Å². The smallest absolute Gasteiger partial charge is 0.217 e. The number of nitrogens with zero attached hydrogens (tertiary/aromatic N) is 2. The number of primary amides is 1. The number of carbonyl (C=O) groups is 1. The predicted octanol–water partition coefficient (Wildman–Crippen LogP) is 2.35. The van der Waals surface area contributed by atoms with E-state index in [9.17, 15) is 4.79 Å². The second kappa shape index (κ2) is 9.57. The number of nitrogens with two attached hydrogens (primary N) is 1. The van der Waals surface area contributed by atoms with Gasteiger partial charge in [-0.2, -0.15) is 0 Å². The van der Waals surface area contributed by atoms with Gasteiger partial charge in [0.2, 0.25) is 5.91 Å². The number of nitrogens with one attached hydrogen (secondary N) is 1. The van der Waals surface area contributed by atoms with Crippen LogP contribution in [0.1, 0.15) is 52.4 Å². The highest BCUT2D eigenvalue weighted by atomic mass is 127. The summed E-state index contributed by atoms with van der Waals surface area (Å²) in [5, 5.41) is 3.63. The third kappa shape index (κ3) is 5.93. The van der Waals surface area contributed by atoms with Crippen LogP contribution in [-0.4, -0.2) is 42.4 Å². The molecule has 0 spiro atoms. The Kier molecular flexibility index (Phi) is 8.49. The van der Waals surface area contributed by atoms with E-state index in [1.165, 1.54) is 19.3 Å². The molecule has 3 atom stereocenters. The summed E-state index contributed by atoms with van der Waals surface area (Å²) >= 11 is 0. The van der Waals surface area contributed by atoms with E-state index in [4.69, 9.17) is 5.73 Å². The molecule has 0 bridgehead atoms. The van der Waals surface area contributed by atoms with Crippen LogP contribution in [0.2, 0.25) is 0 Å². The molecule has 2 fully saturated rings. The number of piperidine rings is 1. The molecule has 3 unspecified atom stereocenters. The number of hydrogen-bond donors (Lipinski definition) is 2. The summed E-state index contributed by atoms with van der Waals surface area (Å²) in [5.74, 6) is 2.05. The number of halogens is 1. The fourth-order valence-corrected chi connectivity index (χ4v) is 3.38. The lowest BCUT2D eigenvalue weighted by Gasteiger charge is -2.35. The standard InChI is InChI=1S/C16H30N4O.HI/c1-3-6-13-10-14(13)19-16(18-4-2)20-8-5-7-12(11-20)9-15(17)21;/h12-14H,3-11H2,1-2H3,(H2,17,21)(H,18,19);1H. The highest BCUT2D eigenvalue weighted by Gasteiger charge is 2.37. The largest absolute Gasteiger partial charge is 0.370 e. The Morgan fingerprint density at radius 2 is 2.18 bits per heavy atom. The van der Waals surface area contributed by atoms with Crippen LogP contribution in [-0.2, 0) is 4.79 Å². The Labute approximate surface area is 151 Å². The van der Waals surface area contributed by atoms with Crippen molar-refractivity contribution in [2.75, 3.05) is 19.6 Å². The molecule has 0 aromatic rings. The van der Waals surface area contributed by atoms with Gasteiger partial charge in [-0.15, -0.1) is 24.0 Å². The van der Waals surface area contributed by atoms with Gasteiger partial charge in [0.1, 0.15) is 0 Å². The van der Waals surface area contributed by atoms with Gasteiger partial charge in [0.15, 0.2) is 5.96 Å². The van der Waals surface area contributed by atoms with Gasteiger partial charge < -0.3 is 16.0 Å².